The number of aliphatic hydroxyl groups is 1. The fraction of sp³-hybridized carbons (Fsp3) is 0.583. The second-order valence-corrected chi connectivity index (χ2v) is 8.23. The Morgan fingerprint density at radius 1 is 1.42 bits per heavy atom. The second kappa shape index (κ2) is 5.21. The van der Waals surface area contributed by atoms with Crippen LogP contribution in [-0.4, -0.2) is 36.5 Å². The number of hydrogen-bond donors (Lipinski definition) is 1. The first-order valence-electron chi connectivity index (χ1n) is 6.08. The highest BCUT2D eigenvalue weighted by molar-refractivity contribution is 7.91. The van der Waals surface area contributed by atoms with Gasteiger partial charge in [-0.15, -0.1) is 11.3 Å². The minimum Gasteiger partial charge on any atom is -0.390 e. The van der Waals surface area contributed by atoms with Crippen molar-refractivity contribution in [2.45, 2.75) is 36.0 Å². The zero-order valence-electron chi connectivity index (χ0n) is 10.7. The summed E-state index contributed by atoms with van der Waals surface area (Å²) in [4.78, 5) is 0.389. The molecule has 1 aromatic rings. The van der Waals surface area contributed by atoms with Gasteiger partial charge in [0.1, 0.15) is 15.2 Å². The van der Waals surface area contributed by atoms with Gasteiger partial charge in [0.05, 0.1) is 5.60 Å². The highest BCUT2D eigenvalue weighted by atomic mass is 32.2. The summed E-state index contributed by atoms with van der Waals surface area (Å²) in [5, 5.41) is 18.7. The molecule has 2 rings (SSSR count). The van der Waals surface area contributed by atoms with Crippen molar-refractivity contribution in [3.05, 3.63) is 17.0 Å². The zero-order chi connectivity index (χ0) is 14.1. The molecule has 1 N–H and O–H groups in total. The highest BCUT2D eigenvalue weighted by Gasteiger charge is 2.32. The molecule has 0 aliphatic carbocycles. The van der Waals surface area contributed by atoms with E-state index in [9.17, 15) is 13.5 Å². The van der Waals surface area contributed by atoms with Crippen LogP contribution in [0, 0.1) is 11.3 Å². The molecule has 1 aliphatic rings. The van der Waals surface area contributed by atoms with E-state index in [1.807, 2.05) is 6.07 Å². The van der Waals surface area contributed by atoms with E-state index in [0.29, 0.717) is 37.2 Å². The molecule has 0 saturated carbocycles. The van der Waals surface area contributed by atoms with Gasteiger partial charge < -0.3 is 5.11 Å². The quantitative estimate of drug-likeness (QED) is 0.898. The summed E-state index contributed by atoms with van der Waals surface area (Å²) in [7, 11) is -3.54. The van der Waals surface area contributed by atoms with E-state index < -0.39 is 15.6 Å². The molecule has 0 radical (unpaired) electrons. The Bertz CT molecular complexity index is 599. The normalized spacial score (nSPS) is 25.7. The maximum Gasteiger partial charge on any atom is 0.252 e. The number of hydrogen-bond acceptors (Lipinski definition) is 5. The fourth-order valence-corrected chi connectivity index (χ4v) is 4.86. The predicted molar refractivity (Wildman–Crippen MR) is 72.3 cm³/mol. The van der Waals surface area contributed by atoms with Gasteiger partial charge in [-0.3, -0.25) is 0 Å². The highest BCUT2D eigenvalue weighted by Crippen LogP contribution is 2.28. The molecule has 0 aromatic carbocycles. The molecule has 1 aromatic heterocycles. The molecule has 19 heavy (non-hydrogen) atoms. The lowest BCUT2D eigenvalue weighted by atomic mass is 9.98. The molecular weight excluding hydrogens is 284 g/mol. The van der Waals surface area contributed by atoms with Crippen molar-refractivity contribution in [3.63, 3.8) is 0 Å². The molecule has 104 valence electrons. The summed E-state index contributed by atoms with van der Waals surface area (Å²) in [6.45, 7) is 2.47. The first-order valence-corrected chi connectivity index (χ1v) is 8.33. The maximum absolute atomic E-state index is 12.4. The van der Waals surface area contributed by atoms with Crippen LogP contribution in [-0.2, 0) is 10.0 Å². The van der Waals surface area contributed by atoms with E-state index >= 15 is 0 Å². The lowest BCUT2D eigenvalue weighted by molar-refractivity contribution is 0.0465. The lowest BCUT2D eigenvalue weighted by Gasteiger charge is -2.21. The lowest BCUT2D eigenvalue weighted by Crippen LogP contribution is -2.33. The summed E-state index contributed by atoms with van der Waals surface area (Å²) in [6, 6.07) is 4.94. The van der Waals surface area contributed by atoms with Gasteiger partial charge in [-0.2, -0.15) is 9.57 Å². The fourth-order valence-electron chi connectivity index (χ4n) is 2.13. The largest absolute Gasteiger partial charge is 0.390 e. The Hall–Kier alpha value is -0.940. The van der Waals surface area contributed by atoms with Gasteiger partial charge in [0.25, 0.3) is 10.0 Å². The third-order valence-electron chi connectivity index (χ3n) is 3.31. The van der Waals surface area contributed by atoms with Crippen LogP contribution >= 0.6 is 11.3 Å². The SMILES string of the molecule is CC1(O)CCCN(S(=O)(=O)c2ccc(C#N)s2)CC1. The van der Waals surface area contributed by atoms with E-state index in [1.54, 1.807) is 6.92 Å². The van der Waals surface area contributed by atoms with Gasteiger partial charge in [-0.25, -0.2) is 8.42 Å². The molecule has 1 atom stereocenters. The van der Waals surface area contributed by atoms with Crippen molar-refractivity contribution in [1.82, 2.24) is 4.31 Å². The third-order valence-corrected chi connectivity index (χ3v) is 6.66. The minimum atomic E-state index is -3.54. The molecular formula is C12H16N2O3S2. The van der Waals surface area contributed by atoms with Gasteiger partial charge in [-0.1, -0.05) is 0 Å². The minimum absolute atomic E-state index is 0.200. The molecule has 2 heterocycles. The van der Waals surface area contributed by atoms with Crippen molar-refractivity contribution in [3.8, 4) is 6.07 Å². The van der Waals surface area contributed by atoms with Crippen molar-refractivity contribution < 1.29 is 13.5 Å². The molecule has 7 heteroatoms. The van der Waals surface area contributed by atoms with Gasteiger partial charge in [-0.05, 0) is 38.3 Å². The Kier molecular flexibility index (Phi) is 3.97. The Balaban J connectivity index is 2.23. The van der Waals surface area contributed by atoms with Crippen LogP contribution in [0.1, 0.15) is 31.1 Å². The monoisotopic (exact) mass is 300 g/mol. The summed E-state index contributed by atoms with van der Waals surface area (Å²) in [5.41, 5.74) is -0.794. The molecule has 0 spiro atoms. The topological polar surface area (TPSA) is 81.4 Å². The van der Waals surface area contributed by atoms with E-state index in [1.165, 1.54) is 16.4 Å². The summed E-state index contributed by atoms with van der Waals surface area (Å²) in [6.07, 6.45) is 1.68. The van der Waals surface area contributed by atoms with Crippen LogP contribution in [0.3, 0.4) is 0 Å². The molecule has 1 aliphatic heterocycles. The van der Waals surface area contributed by atoms with Crippen LogP contribution in [0.5, 0.6) is 0 Å². The van der Waals surface area contributed by atoms with E-state index in [-0.39, 0.29) is 4.21 Å². The molecule has 5 nitrogen and oxygen atoms in total. The van der Waals surface area contributed by atoms with Gasteiger partial charge in [0.15, 0.2) is 0 Å². The van der Waals surface area contributed by atoms with Gasteiger partial charge in [0, 0.05) is 13.1 Å². The molecule has 1 saturated heterocycles. The maximum atomic E-state index is 12.4. The van der Waals surface area contributed by atoms with Gasteiger partial charge in [0.2, 0.25) is 0 Å². The van der Waals surface area contributed by atoms with E-state index in [0.717, 1.165) is 11.3 Å². The summed E-state index contributed by atoms with van der Waals surface area (Å²) >= 11 is 0.987. The van der Waals surface area contributed by atoms with E-state index in [2.05, 4.69) is 0 Å². The van der Waals surface area contributed by atoms with Crippen molar-refractivity contribution >= 4 is 21.4 Å². The third kappa shape index (κ3) is 3.15. The smallest absolute Gasteiger partial charge is 0.252 e. The number of thiophene rings is 1. The van der Waals surface area contributed by atoms with Gasteiger partial charge >= 0.3 is 0 Å². The second-order valence-electron chi connectivity index (χ2n) is 4.99. The molecule has 0 bridgehead atoms. The predicted octanol–water partition coefficient (Wildman–Crippen LogP) is 1.55. The standard InChI is InChI=1S/C12H16N2O3S2/c1-12(15)5-2-7-14(8-6-12)19(16,17)11-4-3-10(9-13)18-11/h3-4,15H,2,5-8H2,1H3. The average molecular weight is 300 g/mol. The Morgan fingerprint density at radius 3 is 2.79 bits per heavy atom. The first-order chi connectivity index (χ1) is 8.85. The van der Waals surface area contributed by atoms with E-state index in [4.69, 9.17) is 5.26 Å². The Morgan fingerprint density at radius 2 is 2.16 bits per heavy atom. The van der Waals surface area contributed by atoms with Crippen LogP contribution in [0.4, 0.5) is 0 Å². The van der Waals surface area contributed by atoms with Crippen molar-refractivity contribution in [2.24, 2.45) is 0 Å². The van der Waals surface area contributed by atoms with Crippen LogP contribution in [0.15, 0.2) is 16.3 Å². The van der Waals surface area contributed by atoms with Crippen LogP contribution in [0.2, 0.25) is 0 Å². The number of rotatable bonds is 2. The average Bonchev–Trinajstić information content (AvgIpc) is 2.75. The summed E-state index contributed by atoms with van der Waals surface area (Å²) in [5.74, 6) is 0. The zero-order valence-corrected chi connectivity index (χ0v) is 12.3. The number of nitriles is 1. The van der Waals surface area contributed by atoms with Crippen molar-refractivity contribution in [2.75, 3.05) is 13.1 Å². The van der Waals surface area contributed by atoms with Crippen LogP contribution in [0.25, 0.3) is 0 Å². The van der Waals surface area contributed by atoms with Crippen LogP contribution < -0.4 is 0 Å². The molecule has 0 amide bonds. The first kappa shape index (κ1) is 14.5. The number of nitrogens with zero attached hydrogens (tertiary/aromatic N) is 2. The summed E-state index contributed by atoms with van der Waals surface area (Å²) < 4.78 is 26.5. The number of sulfonamides is 1. The molecule has 1 fully saturated rings. The molecule has 1 unspecified atom stereocenters. The Labute approximate surface area is 117 Å². The van der Waals surface area contributed by atoms with Crippen molar-refractivity contribution in [1.29, 1.82) is 5.26 Å².